The number of rotatable bonds is 4. The van der Waals surface area contributed by atoms with E-state index in [9.17, 15) is 14.3 Å². The van der Waals surface area contributed by atoms with E-state index >= 15 is 0 Å². The molecule has 0 spiro atoms. The van der Waals surface area contributed by atoms with E-state index in [2.05, 4.69) is 15.5 Å². The molecule has 1 fully saturated rings. The fraction of sp³-hybridized carbons (Fsp3) is 0.300. The van der Waals surface area contributed by atoms with Gasteiger partial charge in [-0.3, -0.25) is 9.89 Å². The third-order valence-electron chi connectivity index (χ3n) is 4.53. The quantitative estimate of drug-likeness (QED) is 0.533. The van der Waals surface area contributed by atoms with Crippen LogP contribution in [-0.4, -0.2) is 33.4 Å². The van der Waals surface area contributed by atoms with E-state index in [0.29, 0.717) is 4.88 Å². The number of anilines is 1. The molecule has 0 unspecified atom stereocenters. The molecular weight excluding hydrogens is 379 g/mol. The molecule has 1 saturated carbocycles. The number of carbonyl (C=O) groups is 1. The molecule has 0 saturated heterocycles. The van der Waals surface area contributed by atoms with Crippen LogP contribution in [0.1, 0.15) is 35.4 Å². The first kappa shape index (κ1) is 20.0. The number of H-pyrrole nitrogens is 1. The normalized spacial score (nSPS) is 18.8. The number of nitrogens with one attached hydrogen (secondary N) is 2. The average Bonchev–Trinajstić information content (AvgIpc) is 3.34. The van der Waals surface area contributed by atoms with E-state index in [4.69, 9.17) is 5.73 Å². The van der Waals surface area contributed by atoms with Crippen molar-refractivity contribution in [2.45, 2.75) is 37.8 Å². The van der Waals surface area contributed by atoms with E-state index in [1.807, 2.05) is 6.07 Å². The third kappa shape index (κ3) is 5.40. The van der Waals surface area contributed by atoms with Crippen LogP contribution in [0.5, 0.6) is 0 Å². The number of primary amides is 1. The van der Waals surface area contributed by atoms with Crippen LogP contribution >= 0.6 is 11.3 Å². The minimum atomic E-state index is -0.423. The third-order valence-corrected chi connectivity index (χ3v) is 5.73. The van der Waals surface area contributed by atoms with Crippen LogP contribution in [0.3, 0.4) is 0 Å². The Hall–Kier alpha value is -2.71. The summed E-state index contributed by atoms with van der Waals surface area (Å²) in [4.78, 5) is 13.1. The molecule has 3 aromatic rings. The Bertz CT molecular complexity index is 875. The minimum absolute atomic E-state index is 0.178. The van der Waals surface area contributed by atoms with E-state index < -0.39 is 5.91 Å². The van der Waals surface area contributed by atoms with E-state index in [0.717, 1.165) is 41.8 Å². The van der Waals surface area contributed by atoms with Crippen molar-refractivity contribution in [1.29, 1.82) is 0 Å². The molecule has 148 valence electrons. The molecule has 1 aliphatic rings. The average molecular weight is 402 g/mol. The van der Waals surface area contributed by atoms with Crippen LogP contribution in [0.25, 0.3) is 10.4 Å². The summed E-state index contributed by atoms with van der Waals surface area (Å²) in [5.41, 5.74) is 7.20. The highest BCUT2D eigenvalue weighted by molar-refractivity contribution is 7.18. The number of carbonyl (C=O) groups excluding carboxylic acids is 1. The van der Waals surface area contributed by atoms with Gasteiger partial charge in [-0.2, -0.15) is 5.10 Å². The van der Waals surface area contributed by atoms with Gasteiger partial charge in [0.25, 0.3) is 5.91 Å². The number of hydrogen-bond acceptors (Lipinski definition) is 5. The second-order valence-corrected chi connectivity index (χ2v) is 7.70. The summed E-state index contributed by atoms with van der Waals surface area (Å²) in [5, 5.41) is 19.6. The highest BCUT2D eigenvalue weighted by Gasteiger charge is 2.22. The summed E-state index contributed by atoms with van der Waals surface area (Å²) in [5.74, 6) is -0.601. The zero-order valence-corrected chi connectivity index (χ0v) is 16.1. The van der Waals surface area contributed by atoms with Crippen molar-refractivity contribution in [3.63, 3.8) is 0 Å². The first-order valence-electron chi connectivity index (χ1n) is 9.11. The molecule has 2 aromatic heterocycles. The van der Waals surface area contributed by atoms with Gasteiger partial charge in [-0.15, -0.1) is 11.3 Å². The Labute approximate surface area is 166 Å². The SMILES string of the molecule is Fc1ccccc1.NC(=O)c1sc(-c2cn[nH]c2)cc1NC1CCC(O)CC1. The van der Waals surface area contributed by atoms with E-state index in [1.165, 1.54) is 23.5 Å². The maximum Gasteiger partial charge on any atom is 0.260 e. The Morgan fingerprint density at radius 3 is 2.50 bits per heavy atom. The number of amides is 1. The lowest BCUT2D eigenvalue weighted by Gasteiger charge is -2.26. The van der Waals surface area contributed by atoms with Crippen molar-refractivity contribution >= 4 is 22.9 Å². The van der Waals surface area contributed by atoms with Gasteiger partial charge in [0.15, 0.2) is 0 Å². The maximum atomic E-state index is 11.9. The first-order chi connectivity index (χ1) is 13.5. The maximum absolute atomic E-state index is 11.9. The monoisotopic (exact) mass is 402 g/mol. The molecule has 0 atom stereocenters. The molecule has 28 heavy (non-hydrogen) atoms. The molecule has 0 radical (unpaired) electrons. The predicted octanol–water partition coefficient (Wildman–Crippen LogP) is 3.78. The number of hydrogen-bond donors (Lipinski definition) is 4. The number of aliphatic hydroxyl groups is 1. The number of nitrogens with two attached hydrogens (primary N) is 1. The van der Waals surface area contributed by atoms with Gasteiger partial charge in [0.05, 0.1) is 18.0 Å². The van der Waals surface area contributed by atoms with Crippen molar-refractivity contribution in [3.8, 4) is 10.4 Å². The zero-order valence-electron chi connectivity index (χ0n) is 15.3. The molecular formula is C20H23FN4O2S. The Balaban J connectivity index is 0.000000271. The van der Waals surface area contributed by atoms with Crippen LogP contribution < -0.4 is 11.1 Å². The van der Waals surface area contributed by atoms with Crippen molar-refractivity contribution < 1.29 is 14.3 Å². The summed E-state index contributed by atoms with van der Waals surface area (Å²) in [6, 6.07) is 10.2. The largest absolute Gasteiger partial charge is 0.393 e. The molecule has 0 aliphatic heterocycles. The number of aromatic amines is 1. The van der Waals surface area contributed by atoms with Gasteiger partial charge in [-0.1, -0.05) is 18.2 Å². The fourth-order valence-electron chi connectivity index (χ4n) is 3.06. The van der Waals surface area contributed by atoms with Gasteiger partial charge in [0, 0.05) is 22.7 Å². The summed E-state index contributed by atoms with van der Waals surface area (Å²) in [6.07, 6.45) is 6.70. The van der Waals surface area contributed by atoms with Crippen molar-refractivity contribution in [2.75, 3.05) is 5.32 Å². The van der Waals surface area contributed by atoms with Gasteiger partial charge in [0.2, 0.25) is 0 Å². The van der Waals surface area contributed by atoms with Crippen LogP contribution in [0.2, 0.25) is 0 Å². The molecule has 2 heterocycles. The molecule has 1 amide bonds. The van der Waals surface area contributed by atoms with Crippen molar-refractivity contribution in [2.24, 2.45) is 5.73 Å². The Morgan fingerprint density at radius 2 is 1.96 bits per heavy atom. The van der Waals surface area contributed by atoms with E-state index in [1.54, 1.807) is 30.6 Å². The molecule has 4 rings (SSSR count). The Morgan fingerprint density at radius 1 is 1.25 bits per heavy atom. The predicted molar refractivity (Wildman–Crippen MR) is 109 cm³/mol. The summed E-state index contributed by atoms with van der Waals surface area (Å²) in [6.45, 7) is 0. The second-order valence-electron chi connectivity index (χ2n) is 6.65. The lowest BCUT2D eigenvalue weighted by atomic mass is 9.93. The van der Waals surface area contributed by atoms with Crippen LogP contribution in [-0.2, 0) is 0 Å². The highest BCUT2D eigenvalue weighted by Crippen LogP contribution is 2.35. The number of aromatic nitrogens is 2. The smallest absolute Gasteiger partial charge is 0.260 e. The fourth-order valence-corrected chi connectivity index (χ4v) is 4.02. The lowest BCUT2D eigenvalue weighted by molar-refractivity contribution is 0.100. The topological polar surface area (TPSA) is 104 Å². The molecule has 6 nitrogen and oxygen atoms in total. The minimum Gasteiger partial charge on any atom is -0.393 e. The molecule has 8 heteroatoms. The number of aliphatic hydroxyl groups excluding tert-OH is 1. The number of benzene rings is 1. The van der Waals surface area contributed by atoms with Crippen molar-refractivity contribution in [1.82, 2.24) is 10.2 Å². The van der Waals surface area contributed by atoms with Gasteiger partial charge in [0.1, 0.15) is 10.7 Å². The molecule has 5 N–H and O–H groups in total. The number of halogens is 1. The standard InChI is InChI=1S/C14H18N4O2S.C6H5F/c15-14(20)13-11(18-9-1-3-10(19)4-2-9)5-12(21-13)8-6-16-17-7-8;7-6-4-2-1-3-5-6/h5-7,9-10,18-19H,1-4H2,(H2,15,20)(H,16,17);1-5H. The van der Waals surface area contributed by atoms with Crippen molar-refractivity contribution in [3.05, 3.63) is 59.5 Å². The highest BCUT2D eigenvalue weighted by atomic mass is 32.1. The summed E-state index contributed by atoms with van der Waals surface area (Å²) < 4.78 is 11.9. The summed E-state index contributed by atoms with van der Waals surface area (Å²) >= 11 is 1.37. The van der Waals surface area contributed by atoms with Gasteiger partial charge in [-0.25, -0.2) is 4.39 Å². The van der Waals surface area contributed by atoms with E-state index in [-0.39, 0.29) is 18.0 Å². The molecule has 0 bridgehead atoms. The van der Waals surface area contributed by atoms with Crippen LogP contribution in [0.4, 0.5) is 10.1 Å². The van der Waals surface area contributed by atoms with Crippen LogP contribution in [0, 0.1) is 5.82 Å². The number of thiophene rings is 1. The van der Waals surface area contributed by atoms with Gasteiger partial charge >= 0.3 is 0 Å². The number of nitrogens with zero attached hydrogens (tertiary/aromatic N) is 1. The summed E-state index contributed by atoms with van der Waals surface area (Å²) in [7, 11) is 0. The van der Waals surface area contributed by atoms with Crippen LogP contribution in [0.15, 0.2) is 48.8 Å². The first-order valence-corrected chi connectivity index (χ1v) is 9.92. The molecule has 1 aromatic carbocycles. The Kier molecular flexibility index (Phi) is 6.78. The van der Waals surface area contributed by atoms with Gasteiger partial charge in [-0.05, 0) is 43.9 Å². The van der Waals surface area contributed by atoms with Gasteiger partial charge < -0.3 is 16.2 Å². The zero-order chi connectivity index (χ0) is 19.9. The molecule has 1 aliphatic carbocycles. The second kappa shape index (κ2) is 9.48. The lowest BCUT2D eigenvalue weighted by Crippen LogP contribution is -2.28.